The lowest BCUT2D eigenvalue weighted by atomic mass is 10.2. The van der Waals surface area contributed by atoms with Crippen LogP contribution in [0.15, 0.2) is 36.4 Å². The lowest BCUT2D eigenvalue weighted by Gasteiger charge is -2.08. The second kappa shape index (κ2) is 7.99. The van der Waals surface area contributed by atoms with E-state index in [0.717, 1.165) is 6.07 Å². The molecule has 24 heavy (non-hydrogen) atoms. The molecule has 126 valence electrons. The van der Waals surface area contributed by atoms with Gasteiger partial charge in [-0.15, -0.1) is 0 Å². The molecule has 0 saturated carbocycles. The van der Waals surface area contributed by atoms with E-state index in [-0.39, 0.29) is 11.3 Å². The first kappa shape index (κ1) is 18.0. The van der Waals surface area contributed by atoms with Crippen molar-refractivity contribution in [2.75, 3.05) is 19.0 Å². The quantitative estimate of drug-likeness (QED) is 0.808. The number of benzene rings is 2. The largest absolute Gasteiger partial charge is 0.494 e. The highest BCUT2D eigenvalue weighted by Crippen LogP contribution is 2.22. The van der Waals surface area contributed by atoms with Gasteiger partial charge in [-0.25, -0.2) is 9.18 Å². The van der Waals surface area contributed by atoms with Gasteiger partial charge in [-0.05, 0) is 36.4 Å². The molecule has 0 aliphatic carbocycles. The normalized spacial score (nSPS) is 10.2. The topological polar surface area (TPSA) is 64.6 Å². The van der Waals surface area contributed by atoms with Crippen molar-refractivity contribution in [1.82, 2.24) is 0 Å². The molecule has 0 bridgehead atoms. The standard InChI is InChI=1S/C16H12Cl2FNO4/c1-23-14-3-2-9(4-13(14)19)16(22)24-8-15(21)20-12-6-10(17)5-11(18)7-12/h2-7H,8H2,1H3,(H,20,21). The molecule has 0 aliphatic rings. The molecular formula is C16H12Cl2FNO4. The highest BCUT2D eigenvalue weighted by molar-refractivity contribution is 6.35. The van der Waals surface area contributed by atoms with Crippen molar-refractivity contribution in [3.8, 4) is 5.75 Å². The number of carbonyl (C=O) groups is 2. The molecule has 1 N–H and O–H groups in total. The fourth-order valence-electron chi connectivity index (χ4n) is 1.83. The van der Waals surface area contributed by atoms with Crippen LogP contribution >= 0.6 is 23.2 Å². The number of hydrogen-bond donors (Lipinski definition) is 1. The van der Waals surface area contributed by atoms with Crippen molar-refractivity contribution in [2.24, 2.45) is 0 Å². The number of rotatable bonds is 5. The van der Waals surface area contributed by atoms with Crippen molar-refractivity contribution in [1.29, 1.82) is 0 Å². The molecule has 0 aromatic heterocycles. The van der Waals surface area contributed by atoms with Crippen LogP contribution in [0.3, 0.4) is 0 Å². The molecule has 0 aliphatic heterocycles. The summed E-state index contributed by atoms with van der Waals surface area (Å²) in [4.78, 5) is 23.6. The number of ether oxygens (including phenoxy) is 2. The first-order chi connectivity index (χ1) is 11.4. The van der Waals surface area contributed by atoms with Crippen LogP contribution in [-0.2, 0) is 9.53 Å². The van der Waals surface area contributed by atoms with Gasteiger partial charge in [0.2, 0.25) is 0 Å². The number of halogens is 3. The van der Waals surface area contributed by atoms with Gasteiger partial charge in [0.25, 0.3) is 5.91 Å². The molecule has 2 aromatic rings. The van der Waals surface area contributed by atoms with Gasteiger partial charge in [0.1, 0.15) is 0 Å². The number of anilines is 1. The van der Waals surface area contributed by atoms with Crippen molar-refractivity contribution in [3.63, 3.8) is 0 Å². The molecule has 0 heterocycles. The zero-order valence-electron chi connectivity index (χ0n) is 12.4. The van der Waals surface area contributed by atoms with Gasteiger partial charge in [-0.1, -0.05) is 23.2 Å². The second-order valence-corrected chi connectivity index (χ2v) is 5.50. The maximum absolute atomic E-state index is 13.5. The van der Waals surface area contributed by atoms with Gasteiger partial charge < -0.3 is 14.8 Å². The summed E-state index contributed by atoms with van der Waals surface area (Å²) in [6.45, 7) is -0.545. The third-order valence-electron chi connectivity index (χ3n) is 2.87. The molecule has 0 atom stereocenters. The SMILES string of the molecule is COc1ccc(C(=O)OCC(=O)Nc2cc(Cl)cc(Cl)c2)cc1F. The van der Waals surface area contributed by atoms with E-state index < -0.39 is 24.3 Å². The van der Waals surface area contributed by atoms with Crippen LogP contribution < -0.4 is 10.1 Å². The molecule has 0 saturated heterocycles. The van der Waals surface area contributed by atoms with E-state index in [1.54, 1.807) is 0 Å². The monoisotopic (exact) mass is 371 g/mol. The molecule has 8 heteroatoms. The zero-order valence-corrected chi connectivity index (χ0v) is 13.9. The van der Waals surface area contributed by atoms with Crippen molar-refractivity contribution in [2.45, 2.75) is 0 Å². The highest BCUT2D eigenvalue weighted by atomic mass is 35.5. The van der Waals surface area contributed by atoms with Crippen molar-refractivity contribution >= 4 is 40.8 Å². The Labute approximate surface area is 147 Å². The van der Waals surface area contributed by atoms with E-state index in [4.69, 9.17) is 32.7 Å². The van der Waals surface area contributed by atoms with Gasteiger partial charge in [0.05, 0.1) is 12.7 Å². The van der Waals surface area contributed by atoms with E-state index in [2.05, 4.69) is 5.32 Å². The minimum Gasteiger partial charge on any atom is -0.494 e. The Morgan fingerprint density at radius 2 is 1.79 bits per heavy atom. The van der Waals surface area contributed by atoms with Crippen LogP contribution in [0.1, 0.15) is 10.4 Å². The molecule has 0 fully saturated rings. The van der Waals surface area contributed by atoms with Crippen LogP contribution in [0.5, 0.6) is 5.75 Å². The first-order valence-electron chi connectivity index (χ1n) is 6.65. The third-order valence-corrected chi connectivity index (χ3v) is 3.30. The Kier molecular flexibility index (Phi) is 6.00. The number of carbonyl (C=O) groups excluding carboxylic acids is 2. The fraction of sp³-hybridized carbons (Fsp3) is 0.125. The van der Waals surface area contributed by atoms with Gasteiger partial charge in [-0.3, -0.25) is 4.79 Å². The van der Waals surface area contributed by atoms with Crippen molar-refractivity contribution in [3.05, 3.63) is 57.8 Å². The summed E-state index contributed by atoms with van der Waals surface area (Å²) in [5, 5.41) is 3.18. The minimum atomic E-state index is -0.837. The number of nitrogens with one attached hydrogen (secondary N) is 1. The number of hydrogen-bond acceptors (Lipinski definition) is 4. The smallest absolute Gasteiger partial charge is 0.338 e. The number of methoxy groups -OCH3 is 1. The highest BCUT2D eigenvalue weighted by Gasteiger charge is 2.13. The molecule has 0 unspecified atom stereocenters. The Morgan fingerprint density at radius 3 is 2.38 bits per heavy atom. The first-order valence-corrected chi connectivity index (χ1v) is 7.41. The van der Waals surface area contributed by atoms with Crippen LogP contribution in [0.2, 0.25) is 10.0 Å². The Hall–Kier alpha value is -2.31. The second-order valence-electron chi connectivity index (χ2n) is 4.63. The molecule has 2 rings (SSSR count). The van der Waals surface area contributed by atoms with Crippen LogP contribution in [0.25, 0.3) is 0 Å². The van der Waals surface area contributed by atoms with Crippen LogP contribution in [0, 0.1) is 5.82 Å². The average Bonchev–Trinajstić information content (AvgIpc) is 2.51. The summed E-state index contributed by atoms with van der Waals surface area (Å²) in [6.07, 6.45) is 0. The van der Waals surface area contributed by atoms with Gasteiger partial charge >= 0.3 is 5.97 Å². The van der Waals surface area contributed by atoms with E-state index in [0.29, 0.717) is 15.7 Å². The summed E-state index contributed by atoms with van der Waals surface area (Å²) in [5.41, 5.74) is 0.330. The molecule has 5 nitrogen and oxygen atoms in total. The lowest BCUT2D eigenvalue weighted by molar-refractivity contribution is -0.119. The van der Waals surface area contributed by atoms with Crippen LogP contribution in [0.4, 0.5) is 10.1 Å². The maximum Gasteiger partial charge on any atom is 0.338 e. The molecule has 0 radical (unpaired) electrons. The maximum atomic E-state index is 13.5. The Balaban J connectivity index is 1.93. The predicted octanol–water partition coefficient (Wildman–Crippen LogP) is 3.94. The third kappa shape index (κ3) is 4.84. The van der Waals surface area contributed by atoms with E-state index in [1.807, 2.05) is 0 Å². The minimum absolute atomic E-state index is 0.00197. The summed E-state index contributed by atoms with van der Waals surface area (Å²) in [7, 11) is 1.31. The van der Waals surface area contributed by atoms with Gasteiger partial charge in [0, 0.05) is 15.7 Å². The summed E-state index contributed by atoms with van der Waals surface area (Å²) >= 11 is 11.6. The molecule has 0 spiro atoms. The number of amides is 1. The Bertz CT molecular complexity index is 762. The van der Waals surface area contributed by atoms with Crippen LogP contribution in [-0.4, -0.2) is 25.6 Å². The molecular weight excluding hydrogens is 360 g/mol. The van der Waals surface area contributed by atoms with E-state index >= 15 is 0 Å². The summed E-state index contributed by atoms with van der Waals surface area (Å²) < 4.78 is 23.1. The lowest BCUT2D eigenvalue weighted by Crippen LogP contribution is -2.21. The number of esters is 1. The van der Waals surface area contributed by atoms with E-state index in [1.165, 1.54) is 37.4 Å². The predicted molar refractivity (Wildman–Crippen MR) is 88.3 cm³/mol. The molecule has 2 aromatic carbocycles. The van der Waals surface area contributed by atoms with Crippen molar-refractivity contribution < 1.29 is 23.5 Å². The van der Waals surface area contributed by atoms with Gasteiger partial charge in [-0.2, -0.15) is 0 Å². The summed E-state index contributed by atoms with van der Waals surface area (Å²) in [6, 6.07) is 8.09. The zero-order chi connectivity index (χ0) is 17.7. The molecule has 1 amide bonds. The average molecular weight is 372 g/mol. The van der Waals surface area contributed by atoms with E-state index in [9.17, 15) is 14.0 Å². The Morgan fingerprint density at radius 1 is 1.12 bits per heavy atom. The summed E-state index contributed by atoms with van der Waals surface area (Å²) in [5.74, 6) is -2.13. The fourth-order valence-corrected chi connectivity index (χ4v) is 2.36. The van der Waals surface area contributed by atoms with Gasteiger partial charge in [0.15, 0.2) is 18.2 Å².